The molecule has 2 heterocycles. The second-order valence-corrected chi connectivity index (χ2v) is 8.65. The van der Waals surface area contributed by atoms with Crippen molar-refractivity contribution in [2.75, 3.05) is 18.4 Å². The highest BCUT2D eigenvalue weighted by Gasteiger charge is 2.10. The fourth-order valence-corrected chi connectivity index (χ4v) is 4.11. The molecule has 6 heteroatoms. The van der Waals surface area contributed by atoms with Gasteiger partial charge in [0, 0.05) is 55.6 Å². The van der Waals surface area contributed by atoms with E-state index < -0.39 is 0 Å². The van der Waals surface area contributed by atoms with Crippen LogP contribution in [0.25, 0.3) is 23.1 Å². The van der Waals surface area contributed by atoms with Crippen LogP contribution in [0.3, 0.4) is 0 Å². The Morgan fingerprint density at radius 1 is 1.03 bits per heavy atom. The van der Waals surface area contributed by atoms with Gasteiger partial charge in [-0.3, -0.25) is 14.8 Å². The monoisotopic (exact) mass is 479 g/mol. The van der Waals surface area contributed by atoms with E-state index in [1.807, 2.05) is 87.0 Å². The summed E-state index contributed by atoms with van der Waals surface area (Å²) in [6.45, 7) is 5.75. The number of pyridine rings is 1. The summed E-state index contributed by atoms with van der Waals surface area (Å²) in [5, 5.41) is 7.46. The number of aliphatic imine (C=N–C) groups is 1. The molecule has 2 N–H and O–H groups in total. The van der Waals surface area contributed by atoms with Gasteiger partial charge >= 0.3 is 0 Å². The smallest absolute Gasteiger partial charge is 0.255 e. The number of nitrogens with zero attached hydrogens (tertiary/aromatic N) is 3. The Labute approximate surface area is 212 Å². The van der Waals surface area contributed by atoms with Crippen LogP contribution >= 0.6 is 0 Å². The Morgan fingerprint density at radius 2 is 1.81 bits per heavy atom. The minimum Gasteiger partial charge on any atom is -0.374 e. The number of anilines is 1. The first-order chi connectivity index (χ1) is 17.6. The molecule has 4 aromatic rings. The number of amides is 1. The fraction of sp³-hybridized carbons (Fsp3) is 0.233. The van der Waals surface area contributed by atoms with Crippen LogP contribution in [0.4, 0.5) is 5.69 Å². The van der Waals surface area contributed by atoms with Crippen molar-refractivity contribution < 1.29 is 4.79 Å². The normalized spacial score (nSPS) is 11.8. The van der Waals surface area contributed by atoms with Crippen molar-refractivity contribution >= 4 is 40.5 Å². The Bertz CT molecular complexity index is 1380. The minimum atomic E-state index is -0.123. The zero-order valence-corrected chi connectivity index (χ0v) is 21.2. The van der Waals surface area contributed by atoms with Crippen LogP contribution in [-0.2, 0) is 13.5 Å². The van der Waals surface area contributed by atoms with Crippen LogP contribution in [0.1, 0.15) is 47.4 Å². The second-order valence-electron chi connectivity index (χ2n) is 8.65. The van der Waals surface area contributed by atoms with Crippen molar-refractivity contribution in [3.8, 4) is 0 Å². The summed E-state index contributed by atoms with van der Waals surface area (Å²) in [6, 6.07) is 19.8. The summed E-state index contributed by atoms with van der Waals surface area (Å²) in [5.74, 6) is 0.903. The molecule has 0 unspecified atom stereocenters. The molecule has 0 bridgehead atoms. The molecule has 0 saturated heterocycles. The lowest BCUT2D eigenvalue weighted by atomic mass is 10.1. The van der Waals surface area contributed by atoms with E-state index in [0.717, 1.165) is 65.2 Å². The number of aromatic nitrogens is 2. The molecule has 6 nitrogen and oxygen atoms in total. The third kappa shape index (κ3) is 6.48. The molecule has 0 spiro atoms. The number of aryl methyl sites for hydroxylation is 2. The topological polar surface area (TPSA) is 71.3 Å². The van der Waals surface area contributed by atoms with E-state index in [1.54, 1.807) is 0 Å². The molecule has 184 valence electrons. The number of fused-ring (bicyclic) bond motifs is 1. The number of hydrogen-bond acceptors (Lipinski definition) is 3. The van der Waals surface area contributed by atoms with E-state index in [1.165, 1.54) is 0 Å². The average Bonchev–Trinajstić information content (AvgIpc) is 3.25. The van der Waals surface area contributed by atoms with E-state index >= 15 is 0 Å². The minimum absolute atomic E-state index is 0.123. The van der Waals surface area contributed by atoms with Gasteiger partial charge in [-0.15, -0.1) is 0 Å². The quantitative estimate of drug-likeness (QED) is 0.230. The van der Waals surface area contributed by atoms with Gasteiger partial charge < -0.3 is 15.2 Å². The summed E-state index contributed by atoms with van der Waals surface area (Å²) < 4.78 is 2.06. The number of hydrogen-bond donors (Lipinski definition) is 2. The zero-order valence-electron chi connectivity index (χ0n) is 21.2. The molecule has 0 aliphatic rings. The van der Waals surface area contributed by atoms with Crippen LogP contribution in [0.2, 0.25) is 0 Å². The maximum Gasteiger partial charge on any atom is 0.255 e. The SMILES string of the molecule is CC/N=C(/CCc1cc(NC(=O)c2ccc(/C=C/c3cnc4ccccc4c3)cc2)cn1C)NCC. The summed E-state index contributed by atoms with van der Waals surface area (Å²) in [7, 11) is 2.00. The van der Waals surface area contributed by atoms with E-state index in [4.69, 9.17) is 0 Å². The lowest BCUT2D eigenvalue weighted by molar-refractivity contribution is 0.102. The Balaban J connectivity index is 1.36. The first-order valence-electron chi connectivity index (χ1n) is 12.4. The number of carbonyl (C=O) groups excluding carboxylic acids is 1. The van der Waals surface area contributed by atoms with Crippen molar-refractivity contribution in [3.05, 3.63) is 95.4 Å². The lowest BCUT2D eigenvalue weighted by Crippen LogP contribution is -2.24. The maximum absolute atomic E-state index is 12.8. The molecule has 1 amide bonds. The first kappa shape index (κ1) is 24.9. The zero-order chi connectivity index (χ0) is 25.3. The van der Waals surface area contributed by atoms with Gasteiger partial charge in [-0.05, 0) is 61.7 Å². The van der Waals surface area contributed by atoms with Crippen molar-refractivity contribution in [3.63, 3.8) is 0 Å². The second kappa shape index (κ2) is 12.0. The summed E-state index contributed by atoms with van der Waals surface area (Å²) in [6.07, 6.45) is 9.58. The van der Waals surface area contributed by atoms with Crippen molar-refractivity contribution in [1.82, 2.24) is 14.9 Å². The van der Waals surface area contributed by atoms with Gasteiger partial charge in [-0.25, -0.2) is 0 Å². The van der Waals surface area contributed by atoms with Gasteiger partial charge in [0.25, 0.3) is 5.91 Å². The number of benzene rings is 2. The number of nitrogens with one attached hydrogen (secondary N) is 2. The average molecular weight is 480 g/mol. The van der Waals surface area contributed by atoms with Gasteiger partial charge in [-0.2, -0.15) is 0 Å². The van der Waals surface area contributed by atoms with Gasteiger partial charge in [0.1, 0.15) is 0 Å². The van der Waals surface area contributed by atoms with Gasteiger partial charge in [-0.1, -0.05) is 42.5 Å². The molecule has 0 radical (unpaired) electrons. The molecular weight excluding hydrogens is 446 g/mol. The number of carbonyl (C=O) groups is 1. The molecule has 0 atom stereocenters. The standard InChI is InChI=1S/C30H33N5O/c1-4-31-29(32-5-2)17-16-27-19-26(21-35(27)3)34-30(36)24-14-12-22(13-15-24)10-11-23-18-25-8-6-7-9-28(25)33-20-23/h6-15,18-21H,4-5,16-17H2,1-3H3,(H,31,32)(H,34,36)/b11-10+. The Hall–Kier alpha value is -4.19. The van der Waals surface area contributed by atoms with Crippen molar-refractivity contribution in [1.29, 1.82) is 0 Å². The Morgan fingerprint density at radius 3 is 2.58 bits per heavy atom. The van der Waals surface area contributed by atoms with Crippen LogP contribution in [0, 0.1) is 0 Å². The highest BCUT2D eigenvalue weighted by molar-refractivity contribution is 6.04. The van der Waals surface area contributed by atoms with Crippen LogP contribution < -0.4 is 10.6 Å². The molecule has 2 aromatic heterocycles. The lowest BCUT2D eigenvalue weighted by Gasteiger charge is -2.08. The molecule has 2 aromatic carbocycles. The number of para-hydroxylation sites is 1. The molecule has 0 aliphatic carbocycles. The van der Waals surface area contributed by atoms with Crippen LogP contribution in [-0.4, -0.2) is 34.4 Å². The largest absolute Gasteiger partial charge is 0.374 e. The van der Waals surface area contributed by atoms with Crippen LogP contribution in [0.15, 0.2) is 78.0 Å². The van der Waals surface area contributed by atoms with E-state index in [0.29, 0.717) is 5.56 Å². The summed E-state index contributed by atoms with van der Waals surface area (Å²) in [5.41, 5.74) is 5.60. The molecule has 4 rings (SSSR count). The highest BCUT2D eigenvalue weighted by Crippen LogP contribution is 2.18. The Kier molecular flexibility index (Phi) is 8.29. The van der Waals surface area contributed by atoms with Gasteiger partial charge in [0.15, 0.2) is 0 Å². The van der Waals surface area contributed by atoms with Gasteiger partial charge in [0.05, 0.1) is 17.0 Å². The van der Waals surface area contributed by atoms with E-state index in [2.05, 4.69) is 44.2 Å². The maximum atomic E-state index is 12.8. The van der Waals surface area contributed by atoms with Crippen LogP contribution in [0.5, 0.6) is 0 Å². The van der Waals surface area contributed by atoms with Gasteiger partial charge in [0.2, 0.25) is 0 Å². The predicted molar refractivity (Wildman–Crippen MR) is 150 cm³/mol. The van der Waals surface area contributed by atoms with E-state index in [9.17, 15) is 4.79 Å². The molecule has 0 saturated carbocycles. The summed E-state index contributed by atoms with van der Waals surface area (Å²) >= 11 is 0. The number of amidine groups is 1. The predicted octanol–water partition coefficient (Wildman–Crippen LogP) is 5.96. The highest BCUT2D eigenvalue weighted by atomic mass is 16.1. The third-order valence-corrected chi connectivity index (χ3v) is 5.97. The molecular formula is C30H33N5O. The van der Waals surface area contributed by atoms with Crippen molar-refractivity contribution in [2.24, 2.45) is 12.0 Å². The fourth-order valence-electron chi connectivity index (χ4n) is 4.11. The summed E-state index contributed by atoms with van der Waals surface area (Å²) in [4.78, 5) is 21.8. The molecule has 0 aliphatic heterocycles. The van der Waals surface area contributed by atoms with Crippen molar-refractivity contribution in [2.45, 2.75) is 26.7 Å². The number of rotatable bonds is 9. The first-order valence-corrected chi connectivity index (χ1v) is 12.4. The van der Waals surface area contributed by atoms with E-state index in [-0.39, 0.29) is 5.91 Å². The molecule has 0 fully saturated rings. The molecule has 36 heavy (non-hydrogen) atoms. The third-order valence-electron chi connectivity index (χ3n) is 5.97.